The van der Waals surface area contributed by atoms with Crippen LogP contribution >= 0.6 is 0 Å². The third-order valence-electron chi connectivity index (χ3n) is 7.16. The number of H-pyrrole nitrogens is 1. The monoisotopic (exact) mass is 466 g/mol. The number of para-hydroxylation sites is 2. The summed E-state index contributed by atoms with van der Waals surface area (Å²) in [7, 11) is 1.81. The van der Waals surface area contributed by atoms with Gasteiger partial charge in [0.15, 0.2) is 29.0 Å². The van der Waals surface area contributed by atoms with Crippen molar-refractivity contribution in [2.45, 2.75) is 37.7 Å². The maximum absolute atomic E-state index is 13.7. The first-order valence-electron chi connectivity index (χ1n) is 11.7. The number of nitrogens with zero attached hydrogens (tertiary/aromatic N) is 7. The van der Waals surface area contributed by atoms with E-state index in [1.807, 2.05) is 35.9 Å². The molecule has 178 valence electrons. The molecule has 2 N–H and O–H groups in total. The van der Waals surface area contributed by atoms with Crippen molar-refractivity contribution in [3.8, 4) is 0 Å². The zero-order chi connectivity index (χ0) is 23.4. The minimum absolute atomic E-state index is 0.0788. The summed E-state index contributed by atoms with van der Waals surface area (Å²) in [6.07, 6.45) is 1.60. The van der Waals surface area contributed by atoms with E-state index in [4.69, 9.17) is 4.98 Å². The maximum atomic E-state index is 13.7. The predicted octanol–water partition coefficient (Wildman–Crippen LogP) is 1.88. The normalized spacial score (nSPS) is 21.1. The minimum atomic E-state index is -0.993. The molecule has 0 spiro atoms. The summed E-state index contributed by atoms with van der Waals surface area (Å²) in [6, 6.07) is 7.86. The first-order chi connectivity index (χ1) is 16.5. The lowest BCUT2D eigenvalue weighted by atomic mass is 10.0. The van der Waals surface area contributed by atoms with E-state index in [-0.39, 0.29) is 18.3 Å². The quantitative estimate of drug-likeness (QED) is 0.473. The Labute approximate surface area is 194 Å². The number of anilines is 1. The highest BCUT2D eigenvalue weighted by Gasteiger charge is 2.32. The van der Waals surface area contributed by atoms with E-state index < -0.39 is 12.4 Å². The van der Waals surface area contributed by atoms with E-state index in [9.17, 15) is 14.3 Å². The van der Waals surface area contributed by atoms with Crippen LogP contribution in [0.2, 0.25) is 0 Å². The van der Waals surface area contributed by atoms with E-state index in [1.165, 1.54) is 6.33 Å². The smallest absolute Gasteiger partial charge is 0.326 e. The molecule has 3 aromatic heterocycles. The first kappa shape index (κ1) is 21.2. The molecule has 34 heavy (non-hydrogen) atoms. The molecule has 2 saturated heterocycles. The number of likely N-dealkylation sites (tertiary alicyclic amines) is 1. The van der Waals surface area contributed by atoms with Crippen molar-refractivity contribution in [2.75, 3.05) is 31.1 Å². The number of aliphatic hydroxyl groups excluding tert-OH is 1. The second kappa shape index (κ2) is 8.17. The molecule has 2 fully saturated rings. The molecule has 0 amide bonds. The number of piperidine rings is 1. The molecule has 10 nitrogen and oxygen atoms in total. The second-order valence-electron chi connectivity index (χ2n) is 9.19. The fourth-order valence-electron chi connectivity index (χ4n) is 5.37. The van der Waals surface area contributed by atoms with E-state index in [0.717, 1.165) is 23.9 Å². The molecule has 2 atom stereocenters. The summed E-state index contributed by atoms with van der Waals surface area (Å²) in [5.41, 5.74) is 2.95. The van der Waals surface area contributed by atoms with E-state index in [0.29, 0.717) is 48.9 Å². The number of halogens is 1. The number of fused-ring (bicyclic) bond motifs is 2. The second-order valence-corrected chi connectivity index (χ2v) is 9.19. The Balaban J connectivity index is 1.27. The zero-order valence-corrected chi connectivity index (χ0v) is 18.9. The predicted molar refractivity (Wildman–Crippen MR) is 125 cm³/mol. The molecule has 11 heteroatoms. The number of nitrogens with one attached hydrogen (secondary N) is 1. The lowest BCUT2D eigenvalue weighted by molar-refractivity contribution is 0.00627. The summed E-state index contributed by atoms with van der Waals surface area (Å²) in [4.78, 5) is 33.0. The van der Waals surface area contributed by atoms with Gasteiger partial charge in [0.1, 0.15) is 12.5 Å². The molecule has 4 aromatic rings. The van der Waals surface area contributed by atoms with Crippen LogP contribution in [-0.4, -0.2) is 71.4 Å². The number of aryl methyl sites for hydroxylation is 1. The van der Waals surface area contributed by atoms with Gasteiger partial charge in [-0.25, -0.2) is 24.1 Å². The number of imidazole rings is 2. The van der Waals surface area contributed by atoms with Crippen molar-refractivity contribution in [2.24, 2.45) is 7.05 Å². The fourth-order valence-corrected chi connectivity index (χ4v) is 5.37. The number of hydrogen-bond acceptors (Lipinski definition) is 7. The Morgan fingerprint density at radius 1 is 1.15 bits per heavy atom. The van der Waals surface area contributed by atoms with E-state index in [1.54, 1.807) is 9.47 Å². The SMILES string of the molecule is Cn1c(C(O)N2CCC(F)C2)nc2c(N3CCC(n4c(=O)[nH]c5ccccc54)CC3)ncnc21. The third-order valence-corrected chi connectivity index (χ3v) is 7.16. The van der Waals surface area contributed by atoms with Gasteiger partial charge in [0, 0.05) is 39.3 Å². The van der Waals surface area contributed by atoms with Gasteiger partial charge in [-0.15, -0.1) is 0 Å². The lowest BCUT2D eigenvalue weighted by Gasteiger charge is -2.33. The topological polar surface area (TPSA) is 108 Å². The molecule has 0 aliphatic carbocycles. The molecule has 2 unspecified atom stereocenters. The zero-order valence-electron chi connectivity index (χ0n) is 18.9. The van der Waals surface area contributed by atoms with Crippen LogP contribution in [0.15, 0.2) is 35.4 Å². The van der Waals surface area contributed by atoms with Gasteiger partial charge in [-0.3, -0.25) is 9.47 Å². The Kier molecular flexibility index (Phi) is 5.10. The van der Waals surface area contributed by atoms with Crippen LogP contribution in [0.1, 0.15) is 37.4 Å². The number of alkyl halides is 1. The fraction of sp³-hybridized carbons (Fsp3) is 0.478. The van der Waals surface area contributed by atoms with E-state index in [2.05, 4.69) is 19.9 Å². The van der Waals surface area contributed by atoms with Gasteiger partial charge in [0.2, 0.25) is 0 Å². The van der Waals surface area contributed by atoms with Gasteiger partial charge in [0.25, 0.3) is 0 Å². The summed E-state index contributed by atoms with van der Waals surface area (Å²) in [6.45, 7) is 2.12. The molecule has 0 radical (unpaired) electrons. The highest BCUT2D eigenvalue weighted by molar-refractivity contribution is 5.84. The van der Waals surface area contributed by atoms with Crippen molar-refractivity contribution in [3.05, 3.63) is 46.9 Å². The Hall–Kier alpha value is -3.31. The van der Waals surface area contributed by atoms with Crippen molar-refractivity contribution >= 4 is 28.0 Å². The standard InChI is InChI=1S/C23H27FN8O2/c1-29-19-18(28-21(29)22(33)31-9-6-14(24)12-31)20(26-13-25-19)30-10-7-15(8-11-30)32-17-5-3-2-4-16(17)27-23(32)34/h2-5,13-15,22,33H,6-12H2,1H3,(H,27,34). The number of aromatic nitrogens is 6. The van der Waals surface area contributed by atoms with Crippen molar-refractivity contribution in [1.82, 2.24) is 34.0 Å². The molecule has 2 aliphatic heterocycles. The van der Waals surface area contributed by atoms with Gasteiger partial charge in [-0.05, 0) is 31.4 Å². The van der Waals surface area contributed by atoms with Crippen molar-refractivity contribution in [3.63, 3.8) is 0 Å². The summed E-state index contributed by atoms with van der Waals surface area (Å²) < 4.78 is 17.3. The Morgan fingerprint density at radius 3 is 2.71 bits per heavy atom. The largest absolute Gasteiger partial charge is 0.371 e. The minimum Gasteiger partial charge on any atom is -0.371 e. The van der Waals surface area contributed by atoms with Crippen LogP contribution in [0.4, 0.5) is 10.2 Å². The molecule has 1 aromatic carbocycles. The highest BCUT2D eigenvalue weighted by atomic mass is 19.1. The van der Waals surface area contributed by atoms with E-state index >= 15 is 0 Å². The number of aliphatic hydroxyl groups is 1. The van der Waals surface area contributed by atoms with Crippen LogP contribution in [0.3, 0.4) is 0 Å². The van der Waals surface area contributed by atoms with Gasteiger partial charge in [-0.2, -0.15) is 0 Å². The molecule has 2 aliphatic rings. The number of hydrogen-bond donors (Lipinski definition) is 2. The van der Waals surface area contributed by atoms with Crippen LogP contribution in [0.5, 0.6) is 0 Å². The van der Waals surface area contributed by atoms with Crippen molar-refractivity contribution in [1.29, 1.82) is 0 Å². The van der Waals surface area contributed by atoms with Gasteiger partial charge in [-0.1, -0.05) is 12.1 Å². The van der Waals surface area contributed by atoms with Crippen LogP contribution in [0.25, 0.3) is 22.2 Å². The molecule has 6 rings (SSSR count). The lowest BCUT2D eigenvalue weighted by Crippen LogP contribution is -2.37. The summed E-state index contributed by atoms with van der Waals surface area (Å²) >= 11 is 0. The van der Waals surface area contributed by atoms with Crippen LogP contribution < -0.4 is 10.6 Å². The molecule has 0 bridgehead atoms. The number of aromatic amines is 1. The van der Waals surface area contributed by atoms with Crippen LogP contribution in [-0.2, 0) is 7.05 Å². The average Bonchev–Trinajstić information content (AvgIpc) is 3.53. The maximum Gasteiger partial charge on any atom is 0.326 e. The molecular weight excluding hydrogens is 439 g/mol. The Bertz CT molecular complexity index is 1400. The number of benzene rings is 1. The van der Waals surface area contributed by atoms with Crippen LogP contribution in [0, 0.1) is 0 Å². The molecule has 0 saturated carbocycles. The summed E-state index contributed by atoms with van der Waals surface area (Å²) in [5.74, 6) is 1.15. The Morgan fingerprint density at radius 2 is 1.94 bits per heavy atom. The summed E-state index contributed by atoms with van der Waals surface area (Å²) in [5, 5.41) is 10.9. The third kappa shape index (κ3) is 3.38. The average molecular weight is 467 g/mol. The van der Waals surface area contributed by atoms with Gasteiger partial charge < -0.3 is 19.6 Å². The first-order valence-corrected chi connectivity index (χ1v) is 11.7. The van der Waals surface area contributed by atoms with Gasteiger partial charge >= 0.3 is 5.69 Å². The highest BCUT2D eigenvalue weighted by Crippen LogP contribution is 2.32. The van der Waals surface area contributed by atoms with Crippen molar-refractivity contribution < 1.29 is 9.50 Å². The molecular formula is C23H27FN8O2. The van der Waals surface area contributed by atoms with Gasteiger partial charge in [0.05, 0.1) is 11.0 Å². The molecule has 5 heterocycles. The number of rotatable bonds is 4.